The van der Waals surface area contributed by atoms with E-state index >= 15 is 4.57 Å². The molecule has 0 amide bonds. The molecule has 0 aromatic heterocycles. The fraction of sp³-hybridized carbons (Fsp3) is 0.765. The molecule has 0 heterocycles. The summed E-state index contributed by atoms with van der Waals surface area (Å²) in [4.78, 5) is 0. The van der Waals surface area contributed by atoms with Gasteiger partial charge in [0.15, 0.2) is 7.14 Å². The van der Waals surface area contributed by atoms with Crippen LogP contribution in [0.2, 0.25) is 0 Å². The molecular weight excluding hydrogens is 724 g/mol. The Morgan fingerprint density at radius 1 is 0.474 bits per heavy atom. The Balaban J connectivity index is 2.53. The van der Waals surface area contributed by atoms with E-state index in [1.807, 2.05) is 36.4 Å². The Bertz CT molecular complexity index is 1220. The van der Waals surface area contributed by atoms with E-state index in [9.17, 15) is 0 Å². The molecule has 0 saturated heterocycles. The molecule has 0 N–H and O–H groups in total. The molecular formula is C51H89O5P. The summed E-state index contributed by atoms with van der Waals surface area (Å²) in [5.74, 6) is 2.64. The first kappa shape index (κ1) is 51.0. The summed E-state index contributed by atoms with van der Waals surface area (Å²) in [5.41, 5.74) is 0.190. The van der Waals surface area contributed by atoms with Gasteiger partial charge in [-0.2, -0.15) is 0 Å². The van der Waals surface area contributed by atoms with Crippen LogP contribution in [0.25, 0.3) is 0 Å². The highest BCUT2D eigenvalue weighted by atomic mass is 31.2. The molecule has 0 aliphatic heterocycles. The summed E-state index contributed by atoms with van der Waals surface area (Å²) in [6.07, 6.45) is 36.9. The van der Waals surface area contributed by atoms with Gasteiger partial charge in [-0.05, 0) is 61.3 Å². The number of benzene rings is 2. The summed E-state index contributed by atoms with van der Waals surface area (Å²) in [6.45, 7) is 9.47. The molecule has 0 radical (unpaired) electrons. The highest BCUT2D eigenvalue weighted by Gasteiger charge is 2.42. The number of ether oxygens (including phenoxy) is 4. The maximum atomic E-state index is 16.6. The van der Waals surface area contributed by atoms with Crippen molar-refractivity contribution in [1.82, 2.24) is 0 Å². The van der Waals surface area contributed by atoms with Crippen LogP contribution in [0.15, 0.2) is 36.4 Å². The van der Waals surface area contributed by atoms with Crippen molar-refractivity contribution in [2.24, 2.45) is 11.3 Å². The average Bonchev–Trinajstić information content (AvgIpc) is 3.22. The summed E-state index contributed by atoms with van der Waals surface area (Å²) in [5, 5.41) is 1.29. The third kappa shape index (κ3) is 18.8. The summed E-state index contributed by atoms with van der Waals surface area (Å²) in [6, 6.07) is 11.5. The lowest BCUT2D eigenvalue weighted by Crippen LogP contribution is -2.29. The Hall–Kier alpha value is -2.13. The van der Waals surface area contributed by atoms with Gasteiger partial charge in [-0.25, -0.2) is 0 Å². The number of hydrogen-bond acceptors (Lipinski definition) is 5. The van der Waals surface area contributed by atoms with Crippen molar-refractivity contribution in [1.29, 1.82) is 0 Å². The molecule has 0 bridgehead atoms. The van der Waals surface area contributed by atoms with Gasteiger partial charge < -0.3 is 23.5 Å². The normalized spacial score (nSPS) is 12.5. The molecule has 2 rings (SSSR count). The fourth-order valence-electron chi connectivity index (χ4n) is 9.26. The molecule has 2 aromatic carbocycles. The van der Waals surface area contributed by atoms with Crippen LogP contribution in [0.4, 0.5) is 0 Å². The van der Waals surface area contributed by atoms with Gasteiger partial charge in [-0.3, -0.25) is 0 Å². The van der Waals surface area contributed by atoms with Gasteiger partial charge in [0.1, 0.15) is 33.6 Å². The number of hydrogen-bond donors (Lipinski definition) is 0. The van der Waals surface area contributed by atoms with E-state index in [0.717, 1.165) is 19.3 Å². The first-order valence-electron chi connectivity index (χ1n) is 23.8. The molecule has 5 nitrogen and oxygen atoms in total. The fourth-order valence-corrected chi connectivity index (χ4v) is 13.0. The zero-order valence-electron chi connectivity index (χ0n) is 38.5. The van der Waals surface area contributed by atoms with Gasteiger partial charge in [-0.15, -0.1) is 0 Å². The van der Waals surface area contributed by atoms with E-state index in [4.69, 9.17) is 18.9 Å². The van der Waals surface area contributed by atoms with Gasteiger partial charge in [0.05, 0.1) is 28.4 Å². The van der Waals surface area contributed by atoms with E-state index in [0.29, 0.717) is 39.8 Å². The quantitative estimate of drug-likeness (QED) is 0.0502. The zero-order valence-corrected chi connectivity index (χ0v) is 39.4. The van der Waals surface area contributed by atoms with Crippen LogP contribution in [-0.2, 0) is 4.57 Å². The smallest absolute Gasteiger partial charge is 0.158 e. The lowest BCUT2D eigenvalue weighted by Gasteiger charge is -2.36. The molecule has 0 spiro atoms. The Kier molecular flexibility index (Phi) is 27.6. The van der Waals surface area contributed by atoms with Gasteiger partial charge in [0.25, 0.3) is 0 Å². The summed E-state index contributed by atoms with van der Waals surface area (Å²) < 4.78 is 40.6. The SMILES string of the molecule is CCCCCCCCCCC(CC(C)(CCCCCCCCCC)CCCCCCCCCC)CP(=O)(c1c(OC)cccc1OC)c1c(OC)cccc1OC. The highest BCUT2D eigenvalue weighted by molar-refractivity contribution is 7.79. The minimum absolute atomic E-state index is 0.190. The zero-order chi connectivity index (χ0) is 41.6. The first-order chi connectivity index (χ1) is 27.8. The monoisotopic (exact) mass is 813 g/mol. The minimum Gasteiger partial charge on any atom is -0.496 e. The number of rotatable bonds is 37. The van der Waals surface area contributed by atoms with Crippen molar-refractivity contribution >= 4 is 17.8 Å². The molecule has 2 aromatic rings. The maximum absolute atomic E-state index is 16.6. The van der Waals surface area contributed by atoms with Crippen LogP contribution in [0.1, 0.15) is 207 Å². The molecule has 57 heavy (non-hydrogen) atoms. The molecule has 1 unspecified atom stereocenters. The predicted octanol–water partition coefficient (Wildman–Crippen LogP) is 15.6. The van der Waals surface area contributed by atoms with E-state index in [1.165, 1.54) is 161 Å². The van der Waals surface area contributed by atoms with Gasteiger partial charge in [-0.1, -0.05) is 194 Å². The Morgan fingerprint density at radius 2 is 0.772 bits per heavy atom. The topological polar surface area (TPSA) is 54.0 Å². The molecule has 0 saturated carbocycles. The Labute approximate surface area is 352 Å². The molecule has 0 aliphatic carbocycles. The maximum Gasteiger partial charge on any atom is 0.158 e. The third-order valence-electron chi connectivity index (χ3n) is 12.6. The number of unbranched alkanes of at least 4 members (excludes halogenated alkanes) is 21. The van der Waals surface area contributed by atoms with Crippen molar-refractivity contribution in [3.8, 4) is 23.0 Å². The third-order valence-corrected chi connectivity index (χ3v) is 15.9. The number of methoxy groups -OCH3 is 4. The van der Waals surface area contributed by atoms with E-state index in [-0.39, 0.29) is 11.3 Å². The van der Waals surface area contributed by atoms with E-state index in [2.05, 4.69) is 27.7 Å². The van der Waals surface area contributed by atoms with Gasteiger partial charge in [0, 0.05) is 6.16 Å². The largest absolute Gasteiger partial charge is 0.496 e. The standard InChI is InChI=1S/C51H89O5P/c1-9-12-15-18-21-24-27-30-35-44(42-51(4,40-31-28-25-22-19-16-13-10-2)41-32-29-26-23-20-17-14-11-3)43-57(52,49-45(53-5)36-33-37-46(49)54-6)50-47(55-7)38-34-39-48(50)56-8/h33-34,36-39,44H,9-32,35,40-43H2,1-8H3. The van der Waals surface area contributed by atoms with E-state index < -0.39 is 7.14 Å². The lowest BCUT2D eigenvalue weighted by atomic mass is 9.73. The first-order valence-corrected chi connectivity index (χ1v) is 25.7. The second-order valence-corrected chi connectivity index (χ2v) is 20.3. The van der Waals surface area contributed by atoms with Gasteiger partial charge in [0.2, 0.25) is 0 Å². The molecule has 6 heteroatoms. The van der Waals surface area contributed by atoms with Crippen molar-refractivity contribution < 1.29 is 23.5 Å². The van der Waals surface area contributed by atoms with Crippen molar-refractivity contribution in [3.05, 3.63) is 36.4 Å². The second-order valence-electron chi connectivity index (χ2n) is 17.5. The Morgan fingerprint density at radius 3 is 1.09 bits per heavy atom. The molecule has 1 atom stereocenters. The van der Waals surface area contributed by atoms with Crippen LogP contribution in [-0.4, -0.2) is 34.6 Å². The average molecular weight is 813 g/mol. The minimum atomic E-state index is -3.46. The van der Waals surface area contributed by atoms with Crippen LogP contribution >= 0.6 is 7.14 Å². The lowest BCUT2D eigenvalue weighted by molar-refractivity contribution is 0.191. The van der Waals surface area contributed by atoms with E-state index in [1.54, 1.807) is 28.4 Å². The second kappa shape index (κ2) is 30.8. The van der Waals surface area contributed by atoms with Gasteiger partial charge >= 0.3 is 0 Å². The van der Waals surface area contributed by atoms with Crippen molar-refractivity contribution in [3.63, 3.8) is 0 Å². The molecule has 328 valence electrons. The summed E-state index contributed by atoms with van der Waals surface area (Å²) >= 11 is 0. The molecule has 0 fully saturated rings. The van der Waals surface area contributed by atoms with Crippen LogP contribution in [0, 0.1) is 11.3 Å². The molecule has 0 aliphatic rings. The predicted molar refractivity (Wildman–Crippen MR) is 249 cm³/mol. The van der Waals surface area contributed by atoms with Crippen LogP contribution in [0.5, 0.6) is 23.0 Å². The highest BCUT2D eigenvalue weighted by Crippen LogP contribution is 2.56. The van der Waals surface area contributed by atoms with Crippen molar-refractivity contribution in [2.75, 3.05) is 34.6 Å². The van der Waals surface area contributed by atoms with Crippen LogP contribution in [0.3, 0.4) is 0 Å². The summed E-state index contributed by atoms with van der Waals surface area (Å²) in [7, 11) is 3.23. The van der Waals surface area contributed by atoms with Crippen LogP contribution < -0.4 is 29.6 Å². The van der Waals surface area contributed by atoms with Crippen molar-refractivity contribution in [2.45, 2.75) is 207 Å².